The van der Waals surface area contributed by atoms with Crippen LogP contribution in [-0.4, -0.2) is 23.8 Å². The zero-order chi connectivity index (χ0) is 10.3. The number of esters is 1. The van der Waals surface area contributed by atoms with Gasteiger partial charge < -0.3 is 9.84 Å². The largest absolute Gasteiger partial charge is 0.463 e. The van der Waals surface area contributed by atoms with Gasteiger partial charge in [-0.2, -0.15) is 0 Å². The fourth-order valence-electron chi connectivity index (χ4n) is 0.921. The number of hydrogen-bond donors (Lipinski definition) is 1. The van der Waals surface area contributed by atoms with Crippen LogP contribution in [0.3, 0.4) is 0 Å². The number of carbonyl (C=O) groups excluding carboxylic acids is 1. The summed E-state index contributed by atoms with van der Waals surface area (Å²) in [5, 5.41) is 9.37. The minimum absolute atomic E-state index is 0.00518. The Morgan fingerprint density at radius 2 is 2.15 bits per heavy atom. The van der Waals surface area contributed by atoms with Gasteiger partial charge in [0, 0.05) is 12.0 Å². The van der Waals surface area contributed by atoms with Crippen LogP contribution in [-0.2, 0) is 9.53 Å². The monoisotopic (exact) mass is 186 g/mol. The van der Waals surface area contributed by atoms with Crippen LogP contribution in [0.2, 0.25) is 0 Å². The first kappa shape index (κ1) is 12.2. The highest BCUT2D eigenvalue weighted by molar-refractivity contribution is 5.81. The molecule has 0 aliphatic heterocycles. The van der Waals surface area contributed by atoms with Gasteiger partial charge in [0.2, 0.25) is 0 Å². The van der Waals surface area contributed by atoms with Gasteiger partial charge in [-0.05, 0) is 13.3 Å². The molecule has 1 N–H and O–H groups in total. The molecule has 0 saturated carbocycles. The van der Waals surface area contributed by atoms with Crippen molar-refractivity contribution in [3.8, 4) is 0 Å². The Hall–Kier alpha value is -0.830. The van der Waals surface area contributed by atoms with Crippen molar-refractivity contribution >= 4 is 5.97 Å². The third-order valence-electron chi connectivity index (χ3n) is 1.85. The molecule has 3 heteroatoms. The molecule has 0 aromatic carbocycles. The Kier molecular flexibility index (Phi) is 6.24. The highest BCUT2D eigenvalue weighted by Crippen LogP contribution is 2.07. The van der Waals surface area contributed by atoms with Crippen molar-refractivity contribution in [2.45, 2.75) is 33.3 Å². The van der Waals surface area contributed by atoms with Gasteiger partial charge in [-0.25, -0.2) is 4.79 Å². The number of ether oxygens (including phenoxy) is 1. The van der Waals surface area contributed by atoms with E-state index in [0.717, 1.165) is 0 Å². The van der Waals surface area contributed by atoms with Crippen molar-refractivity contribution in [2.75, 3.05) is 6.61 Å². The molecule has 0 spiro atoms. The summed E-state index contributed by atoms with van der Waals surface area (Å²) < 4.78 is 4.70. The summed E-state index contributed by atoms with van der Waals surface area (Å²) >= 11 is 0. The molecule has 0 radical (unpaired) electrons. The number of rotatable bonds is 5. The molecule has 13 heavy (non-hydrogen) atoms. The van der Waals surface area contributed by atoms with Crippen LogP contribution in [0.15, 0.2) is 12.2 Å². The Balaban J connectivity index is 3.88. The smallest absolute Gasteiger partial charge is 0.330 e. The molecular weight excluding hydrogens is 168 g/mol. The van der Waals surface area contributed by atoms with Gasteiger partial charge in [-0.15, -0.1) is 0 Å². The van der Waals surface area contributed by atoms with Crippen LogP contribution in [0, 0.1) is 5.92 Å². The van der Waals surface area contributed by atoms with Crippen molar-refractivity contribution in [1.29, 1.82) is 0 Å². The standard InChI is InChI=1S/C10H18O3/c1-4-9(11)8(3)6-7-10(12)13-5-2/h6-9,11H,4-5H2,1-3H3/b7-6+/t8-,9-/m0/s1. The first-order valence-corrected chi connectivity index (χ1v) is 4.64. The maximum absolute atomic E-state index is 10.9. The summed E-state index contributed by atoms with van der Waals surface area (Å²) in [5.74, 6) is -0.355. The van der Waals surface area contributed by atoms with Crippen LogP contribution in [0.4, 0.5) is 0 Å². The van der Waals surface area contributed by atoms with Crippen LogP contribution in [0.25, 0.3) is 0 Å². The zero-order valence-electron chi connectivity index (χ0n) is 8.49. The highest BCUT2D eigenvalue weighted by atomic mass is 16.5. The molecule has 0 aromatic rings. The van der Waals surface area contributed by atoms with E-state index < -0.39 is 0 Å². The number of aliphatic hydroxyl groups excluding tert-OH is 1. The fourth-order valence-corrected chi connectivity index (χ4v) is 0.921. The Labute approximate surface area is 79.4 Å². The van der Waals surface area contributed by atoms with E-state index in [1.807, 2.05) is 13.8 Å². The second kappa shape index (κ2) is 6.66. The summed E-state index contributed by atoms with van der Waals surface area (Å²) in [6.07, 6.45) is 3.35. The van der Waals surface area contributed by atoms with E-state index in [9.17, 15) is 9.90 Å². The minimum Gasteiger partial charge on any atom is -0.463 e. The Morgan fingerprint density at radius 3 is 2.62 bits per heavy atom. The first-order chi connectivity index (χ1) is 6.11. The number of aliphatic hydroxyl groups is 1. The molecule has 3 nitrogen and oxygen atoms in total. The Morgan fingerprint density at radius 1 is 1.54 bits per heavy atom. The molecule has 0 rings (SSSR count). The summed E-state index contributed by atoms with van der Waals surface area (Å²) in [5.41, 5.74) is 0. The number of hydrogen-bond acceptors (Lipinski definition) is 3. The lowest BCUT2D eigenvalue weighted by Crippen LogP contribution is -2.14. The zero-order valence-corrected chi connectivity index (χ0v) is 8.49. The predicted molar refractivity (Wildman–Crippen MR) is 51.2 cm³/mol. The van der Waals surface area contributed by atoms with Gasteiger partial charge in [0.25, 0.3) is 0 Å². The molecule has 0 unspecified atom stereocenters. The lowest BCUT2D eigenvalue weighted by molar-refractivity contribution is -0.137. The predicted octanol–water partition coefficient (Wildman–Crippen LogP) is 1.51. The molecule has 0 aliphatic carbocycles. The quantitative estimate of drug-likeness (QED) is 0.523. The van der Waals surface area contributed by atoms with Crippen molar-refractivity contribution in [3.63, 3.8) is 0 Å². The second-order valence-corrected chi connectivity index (χ2v) is 2.95. The van der Waals surface area contributed by atoms with Gasteiger partial charge in [-0.1, -0.05) is 19.9 Å². The molecule has 2 atom stereocenters. The minimum atomic E-state index is -0.384. The van der Waals surface area contributed by atoms with E-state index in [-0.39, 0.29) is 18.0 Å². The summed E-state index contributed by atoms with van der Waals surface area (Å²) in [4.78, 5) is 10.9. The van der Waals surface area contributed by atoms with E-state index in [1.165, 1.54) is 6.08 Å². The van der Waals surface area contributed by atoms with Crippen LogP contribution < -0.4 is 0 Å². The van der Waals surface area contributed by atoms with Crippen LogP contribution in [0.5, 0.6) is 0 Å². The highest BCUT2D eigenvalue weighted by Gasteiger charge is 2.08. The van der Waals surface area contributed by atoms with Crippen molar-refractivity contribution in [2.24, 2.45) is 5.92 Å². The molecule has 0 aromatic heterocycles. The van der Waals surface area contributed by atoms with Gasteiger partial charge >= 0.3 is 5.97 Å². The topological polar surface area (TPSA) is 46.5 Å². The van der Waals surface area contributed by atoms with Crippen LogP contribution in [0.1, 0.15) is 27.2 Å². The molecule has 0 aliphatic rings. The normalized spacial score (nSPS) is 15.7. The molecule has 0 bridgehead atoms. The van der Waals surface area contributed by atoms with Crippen LogP contribution >= 0.6 is 0 Å². The van der Waals surface area contributed by atoms with E-state index in [4.69, 9.17) is 4.74 Å². The van der Waals surface area contributed by atoms with Gasteiger partial charge in [0.05, 0.1) is 12.7 Å². The lowest BCUT2D eigenvalue weighted by Gasteiger charge is -2.11. The second-order valence-electron chi connectivity index (χ2n) is 2.95. The maximum atomic E-state index is 10.9. The molecule has 0 saturated heterocycles. The Bertz CT molecular complexity index is 175. The number of carbonyl (C=O) groups is 1. The SMILES string of the molecule is CCOC(=O)/C=C/[C@H](C)[C@@H](O)CC. The maximum Gasteiger partial charge on any atom is 0.330 e. The average molecular weight is 186 g/mol. The lowest BCUT2D eigenvalue weighted by atomic mass is 10.0. The van der Waals surface area contributed by atoms with Crippen molar-refractivity contribution in [3.05, 3.63) is 12.2 Å². The molecule has 76 valence electrons. The van der Waals surface area contributed by atoms with E-state index >= 15 is 0 Å². The van der Waals surface area contributed by atoms with Gasteiger partial charge in [-0.3, -0.25) is 0 Å². The van der Waals surface area contributed by atoms with E-state index in [0.29, 0.717) is 13.0 Å². The third kappa shape index (κ3) is 5.42. The summed E-state index contributed by atoms with van der Waals surface area (Å²) in [7, 11) is 0. The van der Waals surface area contributed by atoms with E-state index in [2.05, 4.69) is 0 Å². The average Bonchev–Trinajstić information content (AvgIpc) is 2.13. The third-order valence-corrected chi connectivity index (χ3v) is 1.85. The first-order valence-electron chi connectivity index (χ1n) is 4.64. The molecule has 0 fully saturated rings. The van der Waals surface area contributed by atoms with Crippen molar-refractivity contribution in [1.82, 2.24) is 0 Å². The van der Waals surface area contributed by atoms with Crippen molar-refractivity contribution < 1.29 is 14.6 Å². The van der Waals surface area contributed by atoms with Gasteiger partial charge in [0.1, 0.15) is 0 Å². The molecule has 0 amide bonds. The van der Waals surface area contributed by atoms with Gasteiger partial charge in [0.15, 0.2) is 0 Å². The molecule has 0 heterocycles. The fraction of sp³-hybridized carbons (Fsp3) is 0.700. The van der Waals surface area contributed by atoms with E-state index in [1.54, 1.807) is 13.0 Å². The summed E-state index contributed by atoms with van der Waals surface area (Å²) in [6, 6.07) is 0. The summed E-state index contributed by atoms with van der Waals surface area (Å²) in [6.45, 7) is 5.91. The molecular formula is C10H18O3.